The Morgan fingerprint density at radius 3 is 1.76 bits per heavy atom. The van der Waals surface area contributed by atoms with Crippen LogP contribution in [0.15, 0.2) is 24.8 Å². The normalized spacial score (nSPS) is 10.4. The van der Waals surface area contributed by atoms with E-state index in [1.807, 2.05) is 0 Å². The molecule has 120 valence electrons. The SMILES string of the molecule is C=Cc1ccc(O)cc1O.COC(OC)OC(OC)OC. The van der Waals surface area contributed by atoms with Crippen molar-refractivity contribution in [1.82, 2.24) is 0 Å². The molecule has 21 heavy (non-hydrogen) atoms. The van der Waals surface area contributed by atoms with Crippen LogP contribution in [0.25, 0.3) is 6.08 Å². The monoisotopic (exact) mass is 302 g/mol. The predicted octanol–water partition coefficient (Wildman–Crippen LogP) is 1.90. The summed E-state index contributed by atoms with van der Waals surface area (Å²) >= 11 is 0. The van der Waals surface area contributed by atoms with Gasteiger partial charge in [-0.15, -0.1) is 0 Å². The first-order chi connectivity index (χ1) is 10.0. The van der Waals surface area contributed by atoms with Crippen molar-refractivity contribution in [1.29, 1.82) is 0 Å². The van der Waals surface area contributed by atoms with Crippen LogP contribution in [-0.2, 0) is 23.7 Å². The van der Waals surface area contributed by atoms with Gasteiger partial charge in [-0.05, 0) is 12.1 Å². The first kappa shape index (κ1) is 19.4. The first-order valence-corrected chi connectivity index (χ1v) is 5.93. The zero-order valence-corrected chi connectivity index (χ0v) is 12.6. The number of phenols is 2. The topological polar surface area (TPSA) is 86.6 Å². The highest BCUT2D eigenvalue weighted by Gasteiger charge is 2.13. The molecule has 7 heteroatoms. The maximum atomic E-state index is 9.06. The average molecular weight is 302 g/mol. The van der Waals surface area contributed by atoms with E-state index in [0.29, 0.717) is 5.56 Å². The molecule has 1 aromatic rings. The van der Waals surface area contributed by atoms with Crippen molar-refractivity contribution in [3.63, 3.8) is 0 Å². The smallest absolute Gasteiger partial charge is 0.275 e. The Kier molecular flexibility index (Phi) is 10.2. The highest BCUT2D eigenvalue weighted by atomic mass is 16.9. The Bertz CT molecular complexity index is 390. The van der Waals surface area contributed by atoms with Crippen LogP contribution < -0.4 is 0 Å². The number of phenolic OH excluding ortho intramolecular Hbond substituents is 2. The maximum absolute atomic E-state index is 9.06. The van der Waals surface area contributed by atoms with E-state index < -0.39 is 13.0 Å². The first-order valence-electron chi connectivity index (χ1n) is 5.93. The third kappa shape index (κ3) is 7.64. The molecule has 0 amide bonds. The fraction of sp³-hybridized carbons (Fsp3) is 0.429. The van der Waals surface area contributed by atoms with Gasteiger partial charge in [0.1, 0.15) is 11.5 Å². The highest BCUT2D eigenvalue weighted by Crippen LogP contribution is 2.22. The Balaban J connectivity index is 0.000000382. The van der Waals surface area contributed by atoms with Crippen molar-refractivity contribution >= 4 is 6.08 Å². The van der Waals surface area contributed by atoms with Gasteiger partial charge in [-0.3, -0.25) is 4.74 Å². The average Bonchev–Trinajstić information content (AvgIpc) is 2.49. The van der Waals surface area contributed by atoms with Gasteiger partial charge in [0.25, 0.3) is 13.0 Å². The molecular formula is C14H22O7. The molecule has 0 saturated carbocycles. The van der Waals surface area contributed by atoms with Crippen molar-refractivity contribution < 1.29 is 33.9 Å². The van der Waals surface area contributed by atoms with E-state index in [9.17, 15) is 0 Å². The third-order valence-corrected chi connectivity index (χ3v) is 2.23. The minimum atomic E-state index is -0.764. The lowest BCUT2D eigenvalue weighted by molar-refractivity contribution is -0.378. The number of aromatic hydroxyl groups is 2. The second kappa shape index (κ2) is 11.1. The summed E-state index contributed by atoms with van der Waals surface area (Å²) in [5.41, 5.74) is 0.623. The molecule has 0 unspecified atom stereocenters. The van der Waals surface area contributed by atoms with Crippen LogP contribution in [0, 0.1) is 0 Å². The van der Waals surface area contributed by atoms with E-state index in [1.165, 1.54) is 46.6 Å². The van der Waals surface area contributed by atoms with E-state index in [1.54, 1.807) is 6.07 Å². The molecule has 0 atom stereocenters. The van der Waals surface area contributed by atoms with Gasteiger partial charge in [-0.1, -0.05) is 12.7 Å². The van der Waals surface area contributed by atoms with Gasteiger partial charge in [0, 0.05) is 40.1 Å². The van der Waals surface area contributed by atoms with Crippen LogP contribution in [-0.4, -0.2) is 51.6 Å². The number of benzene rings is 1. The van der Waals surface area contributed by atoms with Crippen LogP contribution in [0.3, 0.4) is 0 Å². The molecular weight excluding hydrogens is 280 g/mol. The Morgan fingerprint density at radius 1 is 0.952 bits per heavy atom. The summed E-state index contributed by atoms with van der Waals surface area (Å²) in [7, 11) is 5.82. The zero-order valence-electron chi connectivity index (χ0n) is 12.6. The fourth-order valence-electron chi connectivity index (χ4n) is 1.21. The molecule has 0 bridgehead atoms. The number of hydrogen-bond acceptors (Lipinski definition) is 7. The highest BCUT2D eigenvalue weighted by molar-refractivity contribution is 5.56. The van der Waals surface area contributed by atoms with Gasteiger partial charge in [0.15, 0.2) is 0 Å². The molecule has 7 nitrogen and oxygen atoms in total. The lowest BCUT2D eigenvalue weighted by Crippen LogP contribution is -2.27. The number of ether oxygens (including phenoxy) is 5. The van der Waals surface area contributed by atoms with Crippen molar-refractivity contribution in [2.75, 3.05) is 28.4 Å². The molecule has 0 aromatic heterocycles. The fourth-order valence-corrected chi connectivity index (χ4v) is 1.21. The summed E-state index contributed by atoms with van der Waals surface area (Å²) < 4.78 is 23.9. The molecule has 0 saturated heterocycles. The predicted molar refractivity (Wildman–Crippen MR) is 76.6 cm³/mol. The van der Waals surface area contributed by atoms with E-state index in [2.05, 4.69) is 6.58 Å². The lowest BCUT2D eigenvalue weighted by atomic mass is 10.2. The Morgan fingerprint density at radius 2 is 1.43 bits per heavy atom. The van der Waals surface area contributed by atoms with Crippen LogP contribution in [0.1, 0.15) is 5.56 Å². The van der Waals surface area contributed by atoms with E-state index >= 15 is 0 Å². The summed E-state index contributed by atoms with van der Waals surface area (Å²) in [6, 6.07) is 4.37. The van der Waals surface area contributed by atoms with Crippen molar-refractivity contribution in [3.05, 3.63) is 30.3 Å². The molecule has 0 spiro atoms. The molecule has 1 rings (SSSR count). The number of hydrogen-bond donors (Lipinski definition) is 2. The minimum absolute atomic E-state index is 0.0509. The van der Waals surface area contributed by atoms with Crippen molar-refractivity contribution in [2.45, 2.75) is 13.0 Å². The number of methoxy groups -OCH3 is 4. The molecule has 0 heterocycles. The van der Waals surface area contributed by atoms with E-state index in [4.69, 9.17) is 33.9 Å². The van der Waals surface area contributed by atoms with E-state index in [-0.39, 0.29) is 11.5 Å². The molecule has 2 N–H and O–H groups in total. The zero-order chi connectivity index (χ0) is 16.3. The van der Waals surface area contributed by atoms with Crippen LogP contribution >= 0.6 is 0 Å². The Labute approximate surface area is 124 Å². The molecule has 0 aliphatic rings. The molecule has 0 aliphatic carbocycles. The van der Waals surface area contributed by atoms with E-state index in [0.717, 1.165) is 0 Å². The second-order valence-corrected chi connectivity index (χ2v) is 3.60. The quantitative estimate of drug-likeness (QED) is 0.744. The molecule has 0 radical (unpaired) electrons. The van der Waals surface area contributed by atoms with Gasteiger partial charge < -0.3 is 29.2 Å². The number of rotatable bonds is 7. The second-order valence-electron chi connectivity index (χ2n) is 3.60. The standard InChI is InChI=1S/C8H8O2.C6H14O5/c1-2-6-3-4-7(9)5-8(6)10;1-7-5(8-2)11-6(9-3)10-4/h2-5,9-10H,1H2;5-6H,1-4H3. The summed E-state index contributed by atoms with van der Waals surface area (Å²) in [5, 5.41) is 17.9. The van der Waals surface area contributed by atoms with Crippen molar-refractivity contribution in [3.8, 4) is 11.5 Å². The molecule has 1 aromatic carbocycles. The van der Waals surface area contributed by atoms with Crippen LogP contribution in [0.2, 0.25) is 0 Å². The molecule has 0 aliphatic heterocycles. The van der Waals surface area contributed by atoms with Gasteiger partial charge in [0.05, 0.1) is 0 Å². The maximum Gasteiger partial charge on any atom is 0.275 e. The van der Waals surface area contributed by atoms with Gasteiger partial charge >= 0.3 is 0 Å². The third-order valence-electron chi connectivity index (χ3n) is 2.23. The lowest BCUT2D eigenvalue weighted by Gasteiger charge is -2.19. The van der Waals surface area contributed by atoms with Gasteiger partial charge in [0.2, 0.25) is 0 Å². The van der Waals surface area contributed by atoms with Gasteiger partial charge in [-0.2, -0.15) is 0 Å². The molecule has 0 fully saturated rings. The van der Waals surface area contributed by atoms with Crippen LogP contribution in [0.5, 0.6) is 11.5 Å². The minimum Gasteiger partial charge on any atom is -0.508 e. The van der Waals surface area contributed by atoms with Gasteiger partial charge in [-0.25, -0.2) is 0 Å². The largest absolute Gasteiger partial charge is 0.508 e. The summed E-state index contributed by atoms with van der Waals surface area (Å²) in [6.07, 6.45) is 1.52. The Hall–Kier alpha value is -1.64. The summed E-state index contributed by atoms with van der Waals surface area (Å²) in [5.74, 6) is 0.109. The summed E-state index contributed by atoms with van der Waals surface area (Å²) in [4.78, 5) is 0. The van der Waals surface area contributed by atoms with Crippen molar-refractivity contribution in [2.24, 2.45) is 0 Å². The summed E-state index contributed by atoms with van der Waals surface area (Å²) in [6.45, 7) is 1.95. The van der Waals surface area contributed by atoms with Crippen LogP contribution in [0.4, 0.5) is 0 Å².